The van der Waals surface area contributed by atoms with Crippen molar-refractivity contribution >= 4 is 5.91 Å². The highest BCUT2D eigenvalue weighted by Crippen LogP contribution is 2.29. The molecule has 7 heteroatoms. The van der Waals surface area contributed by atoms with Crippen LogP contribution in [0.1, 0.15) is 34.7 Å². The van der Waals surface area contributed by atoms with Crippen LogP contribution in [-0.4, -0.2) is 56.3 Å². The Morgan fingerprint density at radius 2 is 2.12 bits per heavy atom. The second-order valence-electron chi connectivity index (χ2n) is 7.27. The minimum absolute atomic E-state index is 0.133. The largest absolute Gasteiger partial charge is 0.337 e. The summed E-state index contributed by atoms with van der Waals surface area (Å²) < 4.78 is 0. The third kappa shape index (κ3) is 3.39. The predicted molar refractivity (Wildman–Crippen MR) is 96.7 cm³/mol. The van der Waals surface area contributed by atoms with Gasteiger partial charge in [-0.1, -0.05) is 6.07 Å². The number of nitrogens with zero attached hydrogens (tertiary/aromatic N) is 4. The van der Waals surface area contributed by atoms with E-state index in [4.69, 9.17) is 0 Å². The van der Waals surface area contributed by atoms with E-state index in [1.807, 2.05) is 29.3 Å². The van der Waals surface area contributed by atoms with Gasteiger partial charge in [0.1, 0.15) is 11.4 Å². The molecule has 3 fully saturated rings. The summed E-state index contributed by atoms with van der Waals surface area (Å²) in [6.45, 7) is 4.82. The Hall–Kier alpha value is -2.54. The summed E-state index contributed by atoms with van der Waals surface area (Å²) in [5.74, 6) is 0.734. The molecule has 5 rings (SSSR count). The minimum atomic E-state index is -0.357. The van der Waals surface area contributed by atoms with E-state index in [2.05, 4.69) is 19.9 Å². The number of fused-ring (bicyclic) bond motifs is 4. The van der Waals surface area contributed by atoms with Crippen LogP contribution in [0.3, 0.4) is 0 Å². The molecule has 2 bridgehead atoms. The number of aryl methyl sites for hydroxylation is 1. The van der Waals surface area contributed by atoms with E-state index in [0.29, 0.717) is 30.9 Å². The van der Waals surface area contributed by atoms with Gasteiger partial charge in [0.05, 0.1) is 5.69 Å². The number of aromatic amines is 1. The van der Waals surface area contributed by atoms with Gasteiger partial charge in [0.25, 0.3) is 11.5 Å². The van der Waals surface area contributed by atoms with Crippen molar-refractivity contribution in [1.82, 2.24) is 24.8 Å². The molecule has 0 spiro atoms. The number of hydrogen-bond donors (Lipinski definition) is 1. The van der Waals surface area contributed by atoms with Crippen LogP contribution in [0.2, 0.25) is 0 Å². The van der Waals surface area contributed by atoms with Crippen LogP contribution in [0.5, 0.6) is 0 Å². The Morgan fingerprint density at radius 1 is 1.23 bits per heavy atom. The van der Waals surface area contributed by atoms with Crippen molar-refractivity contribution in [3.05, 3.63) is 58.0 Å². The van der Waals surface area contributed by atoms with Crippen LogP contribution in [0.15, 0.2) is 35.4 Å². The van der Waals surface area contributed by atoms with E-state index in [-0.39, 0.29) is 17.0 Å². The first kappa shape index (κ1) is 16.9. The van der Waals surface area contributed by atoms with Gasteiger partial charge in [-0.25, -0.2) is 4.98 Å². The predicted octanol–water partition coefficient (Wildman–Crippen LogP) is 1.21. The first-order valence-electron chi connectivity index (χ1n) is 9.09. The van der Waals surface area contributed by atoms with Crippen molar-refractivity contribution in [3.63, 3.8) is 0 Å². The van der Waals surface area contributed by atoms with Crippen molar-refractivity contribution in [1.29, 1.82) is 0 Å². The lowest BCUT2D eigenvalue weighted by Gasteiger charge is -2.35. The lowest BCUT2D eigenvalue weighted by atomic mass is 9.95. The molecule has 5 heterocycles. The molecule has 1 N–H and O–H groups in total. The smallest absolute Gasteiger partial charge is 0.263 e. The number of carbonyl (C=O) groups excluding carboxylic acids is 1. The monoisotopic (exact) mass is 353 g/mol. The molecule has 3 aliphatic heterocycles. The molecule has 0 unspecified atom stereocenters. The maximum absolute atomic E-state index is 12.9. The zero-order valence-electron chi connectivity index (χ0n) is 14.9. The molecule has 136 valence electrons. The Morgan fingerprint density at radius 3 is 2.88 bits per heavy atom. The first-order valence-corrected chi connectivity index (χ1v) is 9.09. The van der Waals surface area contributed by atoms with Gasteiger partial charge < -0.3 is 9.88 Å². The van der Waals surface area contributed by atoms with Gasteiger partial charge in [-0.2, -0.15) is 0 Å². The molecule has 3 aliphatic rings. The molecule has 26 heavy (non-hydrogen) atoms. The third-order valence-electron chi connectivity index (χ3n) is 5.36. The Kier molecular flexibility index (Phi) is 4.55. The molecule has 2 aromatic rings. The van der Waals surface area contributed by atoms with Crippen molar-refractivity contribution in [2.45, 2.75) is 32.4 Å². The maximum atomic E-state index is 12.9. The van der Waals surface area contributed by atoms with Crippen LogP contribution in [0, 0.1) is 12.8 Å². The van der Waals surface area contributed by atoms with Crippen LogP contribution in [0.4, 0.5) is 0 Å². The van der Waals surface area contributed by atoms with Crippen molar-refractivity contribution in [2.75, 3.05) is 19.6 Å². The second-order valence-corrected chi connectivity index (χ2v) is 7.27. The topological polar surface area (TPSA) is 82.2 Å². The van der Waals surface area contributed by atoms with Gasteiger partial charge in [-0.15, -0.1) is 0 Å². The molecule has 2 atom stereocenters. The van der Waals surface area contributed by atoms with E-state index in [0.717, 1.165) is 31.6 Å². The molecule has 1 amide bonds. The molecular weight excluding hydrogens is 330 g/mol. The summed E-state index contributed by atoms with van der Waals surface area (Å²) in [5, 5.41) is 0. The fourth-order valence-electron chi connectivity index (χ4n) is 4.04. The number of H-pyrrole nitrogens is 1. The normalized spacial score (nSPS) is 23.0. The fraction of sp³-hybridized carbons (Fsp3) is 0.474. The second kappa shape index (κ2) is 6.99. The average molecular weight is 353 g/mol. The highest BCUT2D eigenvalue weighted by Gasteiger charge is 2.37. The minimum Gasteiger partial charge on any atom is -0.337 e. The number of carbonyl (C=O) groups is 1. The number of aromatic nitrogens is 3. The first-order chi connectivity index (χ1) is 12.6. The summed E-state index contributed by atoms with van der Waals surface area (Å²) in [7, 11) is 0. The number of piperidine rings is 1. The van der Waals surface area contributed by atoms with Crippen molar-refractivity contribution < 1.29 is 4.79 Å². The molecule has 0 aromatic carbocycles. The molecule has 0 radical (unpaired) electrons. The van der Waals surface area contributed by atoms with Crippen LogP contribution >= 0.6 is 0 Å². The quantitative estimate of drug-likeness (QED) is 0.897. The zero-order chi connectivity index (χ0) is 18.1. The van der Waals surface area contributed by atoms with Gasteiger partial charge >= 0.3 is 0 Å². The molecule has 2 aromatic heterocycles. The van der Waals surface area contributed by atoms with E-state index < -0.39 is 0 Å². The van der Waals surface area contributed by atoms with Gasteiger partial charge in [0, 0.05) is 44.6 Å². The number of rotatable bonds is 3. The molecular formula is C19H23N5O2. The summed E-state index contributed by atoms with van der Waals surface area (Å²) in [5.41, 5.74) is 0.828. The van der Waals surface area contributed by atoms with E-state index in [1.165, 1.54) is 6.20 Å². The van der Waals surface area contributed by atoms with Crippen LogP contribution in [0.25, 0.3) is 0 Å². The molecule has 3 saturated heterocycles. The molecule has 0 aliphatic carbocycles. The van der Waals surface area contributed by atoms with E-state index in [1.54, 1.807) is 6.92 Å². The molecule has 0 saturated carbocycles. The van der Waals surface area contributed by atoms with E-state index in [9.17, 15) is 9.59 Å². The van der Waals surface area contributed by atoms with E-state index >= 15 is 0 Å². The molecule has 7 nitrogen and oxygen atoms in total. The van der Waals surface area contributed by atoms with Crippen molar-refractivity contribution in [3.8, 4) is 0 Å². The third-order valence-corrected chi connectivity index (χ3v) is 5.36. The zero-order valence-corrected chi connectivity index (χ0v) is 14.9. The summed E-state index contributed by atoms with van der Waals surface area (Å²) >= 11 is 0. The maximum Gasteiger partial charge on any atom is 0.263 e. The number of amides is 1. The highest BCUT2D eigenvalue weighted by atomic mass is 16.2. The number of nitrogens with one attached hydrogen (secondary N) is 1. The summed E-state index contributed by atoms with van der Waals surface area (Å²) in [4.78, 5) is 40.4. The lowest BCUT2D eigenvalue weighted by Crippen LogP contribution is -2.44. The number of hydrogen-bond acceptors (Lipinski definition) is 5. The van der Waals surface area contributed by atoms with Gasteiger partial charge in [-0.05, 0) is 37.8 Å². The lowest BCUT2D eigenvalue weighted by molar-refractivity contribution is 0.0733. The highest BCUT2D eigenvalue weighted by molar-refractivity contribution is 5.93. The van der Waals surface area contributed by atoms with Crippen LogP contribution in [-0.2, 0) is 6.54 Å². The standard InChI is InChI=1S/C19H23N5O2/c1-13-21-8-17(18(25)22-13)19(26)24-10-14-5-6-16(12-24)23(9-14)11-15-4-2-3-7-20-15/h2-4,7-8,14,16H,5-6,9-12H2,1H3,(H,21,22,25)/t14-,16-/m1/s1. The Labute approximate surface area is 152 Å². The van der Waals surface area contributed by atoms with Gasteiger partial charge in [0.15, 0.2) is 0 Å². The average Bonchev–Trinajstić information content (AvgIpc) is 2.94. The van der Waals surface area contributed by atoms with Crippen molar-refractivity contribution in [2.24, 2.45) is 5.92 Å². The summed E-state index contributed by atoms with van der Waals surface area (Å²) in [6.07, 6.45) is 5.41. The SMILES string of the molecule is Cc1ncc(C(=O)N2C[C@@H]3CC[C@H](C2)N(Cc2ccccn2)C3)c(=O)[nH]1. The van der Waals surface area contributed by atoms with Gasteiger partial charge in [-0.3, -0.25) is 19.5 Å². The van der Waals surface area contributed by atoms with Gasteiger partial charge in [0.2, 0.25) is 0 Å². The summed E-state index contributed by atoms with van der Waals surface area (Å²) in [6, 6.07) is 6.27. The Bertz CT molecular complexity index is 851. The van der Waals surface area contributed by atoms with Crippen LogP contribution < -0.4 is 5.56 Å². The number of pyridine rings is 1. The fourth-order valence-corrected chi connectivity index (χ4v) is 4.04. The Balaban J connectivity index is 1.52.